The molecule has 1 aromatic heterocycles. The summed E-state index contributed by atoms with van der Waals surface area (Å²) in [5.74, 6) is -0.373. The molecule has 1 aromatic carbocycles. The number of anilines is 1. The molecule has 1 amide bonds. The molecule has 1 aliphatic carbocycles. The first-order valence-corrected chi connectivity index (χ1v) is 11.5. The topological polar surface area (TPSA) is 92.8 Å². The zero-order chi connectivity index (χ0) is 21.2. The lowest BCUT2D eigenvalue weighted by molar-refractivity contribution is -0.119. The molecule has 0 unspecified atom stereocenters. The van der Waals surface area contributed by atoms with E-state index in [4.69, 9.17) is 4.74 Å². The Morgan fingerprint density at radius 3 is 2.59 bits per heavy atom. The van der Waals surface area contributed by atoms with Gasteiger partial charge in [0.15, 0.2) is 6.61 Å². The zero-order valence-corrected chi connectivity index (χ0v) is 18.2. The van der Waals surface area contributed by atoms with Crippen LogP contribution in [-0.2, 0) is 32.4 Å². The van der Waals surface area contributed by atoms with Crippen LogP contribution < -0.4 is 5.32 Å². The summed E-state index contributed by atoms with van der Waals surface area (Å²) in [6.45, 7) is 1.79. The van der Waals surface area contributed by atoms with E-state index in [9.17, 15) is 18.0 Å². The van der Waals surface area contributed by atoms with Gasteiger partial charge in [-0.2, -0.15) is 0 Å². The fourth-order valence-corrected chi connectivity index (χ4v) is 5.13. The monoisotopic (exact) mass is 436 g/mol. The van der Waals surface area contributed by atoms with Crippen molar-refractivity contribution >= 4 is 38.9 Å². The number of thiophene rings is 1. The van der Waals surface area contributed by atoms with E-state index in [0.29, 0.717) is 16.5 Å². The summed E-state index contributed by atoms with van der Waals surface area (Å²) in [4.78, 5) is 26.2. The number of amides is 1. The van der Waals surface area contributed by atoms with Crippen LogP contribution in [0.25, 0.3) is 0 Å². The molecule has 0 bridgehead atoms. The zero-order valence-electron chi connectivity index (χ0n) is 16.6. The van der Waals surface area contributed by atoms with Gasteiger partial charge in [-0.15, -0.1) is 11.3 Å². The van der Waals surface area contributed by atoms with Crippen LogP contribution in [0.15, 0.2) is 35.2 Å². The van der Waals surface area contributed by atoms with Crippen molar-refractivity contribution in [2.24, 2.45) is 5.92 Å². The van der Waals surface area contributed by atoms with Gasteiger partial charge in [0.2, 0.25) is 10.0 Å². The summed E-state index contributed by atoms with van der Waals surface area (Å²) in [5, 5.41) is 2.59. The minimum Gasteiger partial charge on any atom is -0.451 e. The lowest BCUT2D eigenvalue weighted by Gasteiger charge is -2.16. The van der Waals surface area contributed by atoms with Gasteiger partial charge in [0.1, 0.15) is 4.88 Å². The number of rotatable bonds is 6. The number of hydrogen-bond donors (Lipinski definition) is 1. The van der Waals surface area contributed by atoms with Gasteiger partial charge in [0.05, 0.1) is 4.90 Å². The third-order valence-corrected chi connectivity index (χ3v) is 7.83. The number of nitrogens with one attached hydrogen (secondary N) is 1. The highest BCUT2D eigenvalue weighted by molar-refractivity contribution is 7.89. The number of ether oxygens (including phenoxy) is 1. The van der Waals surface area contributed by atoms with Gasteiger partial charge in [-0.05, 0) is 61.1 Å². The third-order valence-electron chi connectivity index (χ3n) is 4.78. The highest BCUT2D eigenvalue weighted by atomic mass is 32.2. The van der Waals surface area contributed by atoms with Crippen LogP contribution in [0, 0.1) is 5.92 Å². The Hall–Kier alpha value is -2.23. The number of hydrogen-bond acceptors (Lipinski definition) is 6. The van der Waals surface area contributed by atoms with Crippen molar-refractivity contribution in [1.82, 2.24) is 4.31 Å². The standard InChI is InChI=1S/C20H24N2O5S2/c1-13-4-9-17-14(10-13)11-18(28-17)20(24)27-12-19(23)21-15-5-7-16(8-6-15)29(25,26)22(2)3/h5-8,11,13H,4,9-10,12H2,1-3H3,(H,21,23)/t13-/m1/s1. The Balaban J connectivity index is 1.54. The molecule has 0 fully saturated rings. The number of fused-ring (bicyclic) bond motifs is 1. The molecular formula is C20H24N2O5S2. The highest BCUT2D eigenvalue weighted by Gasteiger charge is 2.22. The Morgan fingerprint density at radius 2 is 1.93 bits per heavy atom. The summed E-state index contributed by atoms with van der Waals surface area (Å²) in [6.07, 6.45) is 3.08. The first-order chi connectivity index (χ1) is 13.7. The quantitative estimate of drug-likeness (QED) is 0.703. The molecule has 0 saturated heterocycles. The fraction of sp³-hybridized carbons (Fsp3) is 0.400. The average molecular weight is 437 g/mol. The molecule has 1 N–H and O–H groups in total. The van der Waals surface area contributed by atoms with E-state index < -0.39 is 28.5 Å². The van der Waals surface area contributed by atoms with Crippen molar-refractivity contribution in [3.8, 4) is 0 Å². The number of carbonyl (C=O) groups is 2. The van der Waals surface area contributed by atoms with Crippen molar-refractivity contribution in [2.45, 2.75) is 31.1 Å². The highest BCUT2D eigenvalue weighted by Crippen LogP contribution is 2.32. The number of esters is 1. The largest absolute Gasteiger partial charge is 0.451 e. The molecule has 2 aromatic rings. The second kappa shape index (κ2) is 8.64. The summed E-state index contributed by atoms with van der Waals surface area (Å²) in [6, 6.07) is 7.68. The van der Waals surface area contributed by atoms with Crippen molar-refractivity contribution in [3.63, 3.8) is 0 Å². The van der Waals surface area contributed by atoms with E-state index in [-0.39, 0.29) is 4.90 Å². The second-order valence-electron chi connectivity index (χ2n) is 7.34. The van der Waals surface area contributed by atoms with Crippen LogP contribution in [0.2, 0.25) is 0 Å². The van der Waals surface area contributed by atoms with E-state index in [2.05, 4.69) is 12.2 Å². The van der Waals surface area contributed by atoms with Gasteiger partial charge in [-0.3, -0.25) is 4.79 Å². The maximum absolute atomic E-state index is 12.3. The predicted molar refractivity (Wildman–Crippen MR) is 112 cm³/mol. The molecule has 156 valence electrons. The van der Waals surface area contributed by atoms with Crippen LogP contribution in [-0.4, -0.2) is 45.3 Å². The van der Waals surface area contributed by atoms with Crippen molar-refractivity contribution < 1.29 is 22.7 Å². The summed E-state index contributed by atoms with van der Waals surface area (Å²) >= 11 is 1.44. The van der Waals surface area contributed by atoms with Gasteiger partial charge in [-0.25, -0.2) is 17.5 Å². The van der Waals surface area contributed by atoms with Gasteiger partial charge in [-0.1, -0.05) is 6.92 Å². The van der Waals surface area contributed by atoms with E-state index >= 15 is 0 Å². The summed E-state index contributed by atoms with van der Waals surface area (Å²) in [7, 11) is -0.630. The Kier molecular flexibility index (Phi) is 6.40. The summed E-state index contributed by atoms with van der Waals surface area (Å²) < 4.78 is 30.3. The molecule has 1 heterocycles. The minimum absolute atomic E-state index is 0.128. The number of benzene rings is 1. The predicted octanol–water partition coefficient (Wildman–Crippen LogP) is 2.92. The molecule has 9 heteroatoms. The normalized spacial score (nSPS) is 16.3. The minimum atomic E-state index is -3.53. The summed E-state index contributed by atoms with van der Waals surface area (Å²) in [5.41, 5.74) is 1.63. The second-order valence-corrected chi connectivity index (χ2v) is 10.6. The van der Waals surface area contributed by atoms with Crippen LogP contribution in [0.5, 0.6) is 0 Å². The van der Waals surface area contributed by atoms with Gasteiger partial charge >= 0.3 is 5.97 Å². The maximum Gasteiger partial charge on any atom is 0.348 e. The first-order valence-electron chi connectivity index (χ1n) is 9.28. The van der Waals surface area contributed by atoms with Crippen LogP contribution in [0.1, 0.15) is 33.5 Å². The first kappa shape index (κ1) is 21.5. The average Bonchev–Trinajstić information content (AvgIpc) is 3.09. The Morgan fingerprint density at radius 1 is 1.24 bits per heavy atom. The number of aryl methyl sites for hydroxylation is 1. The van der Waals surface area contributed by atoms with Crippen LogP contribution >= 0.6 is 11.3 Å². The molecule has 7 nitrogen and oxygen atoms in total. The van der Waals surface area contributed by atoms with E-state index in [1.165, 1.54) is 60.1 Å². The van der Waals surface area contributed by atoms with Gasteiger partial charge in [0, 0.05) is 24.7 Å². The molecule has 3 rings (SSSR count). The van der Waals surface area contributed by atoms with Crippen molar-refractivity contribution in [3.05, 3.63) is 45.6 Å². The van der Waals surface area contributed by atoms with Crippen LogP contribution in [0.3, 0.4) is 0 Å². The molecule has 0 spiro atoms. The molecule has 0 aliphatic heterocycles. The molecule has 0 saturated carbocycles. The maximum atomic E-state index is 12.3. The van der Waals surface area contributed by atoms with E-state index in [0.717, 1.165) is 23.6 Å². The molecule has 1 atom stereocenters. The van der Waals surface area contributed by atoms with Gasteiger partial charge in [0.25, 0.3) is 5.91 Å². The lowest BCUT2D eigenvalue weighted by atomic mass is 9.90. The number of carbonyl (C=O) groups excluding carboxylic acids is 2. The third kappa shape index (κ3) is 5.04. The Labute approximate surface area is 174 Å². The van der Waals surface area contributed by atoms with Crippen LogP contribution in [0.4, 0.5) is 5.69 Å². The van der Waals surface area contributed by atoms with E-state index in [1.807, 2.05) is 6.07 Å². The van der Waals surface area contributed by atoms with Crippen molar-refractivity contribution in [2.75, 3.05) is 26.0 Å². The molecule has 0 radical (unpaired) electrons. The lowest BCUT2D eigenvalue weighted by Crippen LogP contribution is -2.22. The number of sulfonamides is 1. The Bertz CT molecular complexity index is 1010. The number of nitrogens with zero attached hydrogens (tertiary/aromatic N) is 1. The van der Waals surface area contributed by atoms with Crippen molar-refractivity contribution in [1.29, 1.82) is 0 Å². The molecular weight excluding hydrogens is 412 g/mol. The molecule has 1 aliphatic rings. The molecule has 29 heavy (non-hydrogen) atoms. The smallest absolute Gasteiger partial charge is 0.348 e. The van der Waals surface area contributed by atoms with E-state index in [1.54, 1.807) is 0 Å². The fourth-order valence-electron chi connectivity index (χ4n) is 3.13. The SMILES string of the molecule is C[C@@H]1CCc2sc(C(=O)OCC(=O)Nc3ccc(S(=O)(=O)N(C)C)cc3)cc2C1. The van der Waals surface area contributed by atoms with Gasteiger partial charge < -0.3 is 10.1 Å².